The Morgan fingerprint density at radius 1 is 1.16 bits per heavy atom. The molecule has 0 radical (unpaired) electrons. The molecular weight excluding hydrogens is 412 g/mol. The predicted molar refractivity (Wildman–Crippen MR) is 125 cm³/mol. The molecule has 3 rings (SSSR count). The molecule has 0 bridgehead atoms. The summed E-state index contributed by atoms with van der Waals surface area (Å²) in [5.41, 5.74) is 2.09. The number of hydrogen-bond donors (Lipinski definition) is 1. The van der Waals surface area contributed by atoms with Gasteiger partial charge in [-0.3, -0.25) is 9.52 Å². The predicted octanol–water partition coefficient (Wildman–Crippen LogP) is 4.73. The van der Waals surface area contributed by atoms with Gasteiger partial charge in [0.25, 0.3) is 0 Å². The lowest BCUT2D eigenvalue weighted by Crippen LogP contribution is -2.42. The molecule has 0 atom stereocenters. The zero-order valence-electron chi connectivity index (χ0n) is 18.9. The summed E-state index contributed by atoms with van der Waals surface area (Å²) in [5, 5.41) is 0. The first-order valence-electron chi connectivity index (χ1n) is 10.6. The van der Waals surface area contributed by atoms with Gasteiger partial charge in [0.1, 0.15) is 12.4 Å². The van der Waals surface area contributed by atoms with Crippen molar-refractivity contribution in [1.29, 1.82) is 0 Å². The zero-order valence-corrected chi connectivity index (χ0v) is 19.8. The van der Waals surface area contributed by atoms with Crippen LogP contribution < -0.4 is 14.4 Å². The SMILES string of the molecule is Cc1cccc(CS(=O)(=O)Nc2ccc3c(c2)N(CCC(C)C)C(=O)C(C)(C)CO3)c1. The smallest absolute Gasteiger partial charge is 0.236 e. The Hall–Kier alpha value is -2.54. The van der Waals surface area contributed by atoms with Gasteiger partial charge in [-0.05, 0) is 56.9 Å². The van der Waals surface area contributed by atoms with Crippen molar-refractivity contribution in [1.82, 2.24) is 0 Å². The Kier molecular flexibility index (Phi) is 6.65. The molecule has 1 heterocycles. The van der Waals surface area contributed by atoms with Crippen molar-refractivity contribution >= 4 is 27.3 Å². The number of fused-ring (bicyclic) bond motifs is 1. The number of hydrogen-bond acceptors (Lipinski definition) is 4. The fourth-order valence-electron chi connectivity index (χ4n) is 3.55. The van der Waals surface area contributed by atoms with Gasteiger partial charge in [-0.25, -0.2) is 8.42 Å². The van der Waals surface area contributed by atoms with Gasteiger partial charge >= 0.3 is 0 Å². The quantitative estimate of drug-likeness (QED) is 0.670. The van der Waals surface area contributed by atoms with Crippen LogP contribution in [0.1, 0.15) is 45.2 Å². The van der Waals surface area contributed by atoms with E-state index in [0.717, 1.165) is 17.5 Å². The highest BCUT2D eigenvalue weighted by Gasteiger charge is 2.37. The summed E-state index contributed by atoms with van der Waals surface area (Å²) in [6, 6.07) is 12.5. The van der Waals surface area contributed by atoms with E-state index in [1.54, 1.807) is 29.2 Å². The van der Waals surface area contributed by atoms with Crippen LogP contribution in [0.3, 0.4) is 0 Å². The molecule has 0 aliphatic carbocycles. The molecule has 1 aliphatic heterocycles. The molecule has 168 valence electrons. The van der Waals surface area contributed by atoms with E-state index in [1.165, 1.54) is 0 Å². The Balaban J connectivity index is 1.89. The largest absolute Gasteiger partial charge is 0.490 e. The third kappa shape index (κ3) is 5.79. The van der Waals surface area contributed by atoms with Gasteiger partial charge in [0.2, 0.25) is 15.9 Å². The number of nitrogens with zero attached hydrogens (tertiary/aromatic N) is 1. The highest BCUT2D eigenvalue weighted by Crippen LogP contribution is 2.38. The van der Waals surface area contributed by atoms with Crippen LogP contribution >= 0.6 is 0 Å². The van der Waals surface area contributed by atoms with Crippen molar-refractivity contribution in [3.05, 3.63) is 53.6 Å². The number of nitrogens with one attached hydrogen (secondary N) is 1. The van der Waals surface area contributed by atoms with Gasteiger partial charge in [0, 0.05) is 6.54 Å². The summed E-state index contributed by atoms with van der Waals surface area (Å²) < 4.78 is 34.1. The molecule has 0 spiro atoms. The van der Waals surface area contributed by atoms with E-state index < -0.39 is 15.4 Å². The molecule has 31 heavy (non-hydrogen) atoms. The standard InChI is InChI=1S/C24H32N2O4S/c1-17(2)11-12-26-21-14-20(9-10-22(21)30-16-24(4,5)23(26)27)25-31(28,29)15-19-8-6-7-18(3)13-19/h6-10,13-14,17,25H,11-12,15-16H2,1-5H3. The van der Waals surface area contributed by atoms with Gasteiger partial charge < -0.3 is 9.64 Å². The second kappa shape index (κ2) is 8.91. The maximum absolute atomic E-state index is 13.2. The maximum Gasteiger partial charge on any atom is 0.236 e. The van der Waals surface area contributed by atoms with Crippen molar-refractivity contribution in [3.8, 4) is 5.75 Å². The molecule has 1 amide bonds. The minimum absolute atomic E-state index is 0.0216. The molecule has 0 unspecified atom stereocenters. The normalized spacial score (nSPS) is 15.9. The van der Waals surface area contributed by atoms with Crippen molar-refractivity contribution in [2.24, 2.45) is 11.3 Å². The minimum Gasteiger partial charge on any atom is -0.490 e. The van der Waals surface area contributed by atoms with E-state index in [-0.39, 0.29) is 18.3 Å². The van der Waals surface area contributed by atoms with Crippen LogP contribution in [0.5, 0.6) is 5.75 Å². The number of carbonyl (C=O) groups excluding carboxylic acids is 1. The average molecular weight is 445 g/mol. The molecule has 0 saturated heterocycles. The Bertz CT molecular complexity index is 1060. The second-order valence-corrected chi connectivity index (χ2v) is 11.1. The van der Waals surface area contributed by atoms with E-state index in [4.69, 9.17) is 4.74 Å². The molecule has 1 aliphatic rings. The molecule has 0 fully saturated rings. The van der Waals surface area contributed by atoms with Gasteiger partial charge in [0.15, 0.2) is 0 Å². The molecular formula is C24H32N2O4S. The second-order valence-electron chi connectivity index (χ2n) is 9.34. The average Bonchev–Trinajstić information content (AvgIpc) is 2.74. The van der Waals surface area contributed by atoms with Gasteiger partial charge in [-0.15, -0.1) is 0 Å². The van der Waals surface area contributed by atoms with Crippen molar-refractivity contribution in [2.75, 3.05) is 22.8 Å². The Labute approximate surface area is 185 Å². The van der Waals surface area contributed by atoms with Crippen LogP contribution in [0.15, 0.2) is 42.5 Å². The van der Waals surface area contributed by atoms with Crippen LogP contribution in [0.25, 0.3) is 0 Å². The molecule has 7 heteroatoms. The molecule has 2 aromatic carbocycles. The number of sulfonamides is 1. The van der Waals surface area contributed by atoms with Crippen molar-refractivity contribution in [2.45, 2.75) is 46.8 Å². The van der Waals surface area contributed by atoms with Crippen LogP contribution in [0.4, 0.5) is 11.4 Å². The summed E-state index contributed by atoms with van der Waals surface area (Å²) in [6.07, 6.45) is 0.838. The van der Waals surface area contributed by atoms with E-state index in [2.05, 4.69) is 18.6 Å². The highest BCUT2D eigenvalue weighted by molar-refractivity contribution is 7.91. The van der Waals surface area contributed by atoms with Crippen LogP contribution in [0.2, 0.25) is 0 Å². The Morgan fingerprint density at radius 3 is 2.58 bits per heavy atom. The third-order valence-electron chi connectivity index (χ3n) is 5.30. The number of benzene rings is 2. The molecule has 1 N–H and O–H groups in total. The topological polar surface area (TPSA) is 75.7 Å². The number of ether oxygens (including phenoxy) is 1. The van der Waals surface area contributed by atoms with E-state index in [9.17, 15) is 13.2 Å². The first-order valence-corrected chi connectivity index (χ1v) is 12.3. The minimum atomic E-state index is -3.61. The number of anilines is 2. The fraction of sp³-hybridized carbons (Fsp3) is 0.458. The van der Waals surface area contributed by atoms with E-state index in [0.29, 0.717) is 29.6 Å². The highest BCUT2D eigenvalue weighted by atomic mass is 32.2. The van der Waals surface area contributed by atoms with Gasteiger partial charge in [-0.1, -0.05) is 43.7 Å². The van der Waals surface area contributed by atoms with E-state index >= 15 is 0 Å². The number of aryl methyl sites for hydroxylation is 1. The first kappa shape index (κ1) is 23.1. The van der Waals surface area contributed by atoms with Gasteiger partial charge in [0.05, 0.1) is 22.5 Å². The first-order chi connectivity index (χ1) is 14.5. The monoisotopic (exact) mass is 444 g/mol. The molecule has 0 aromatic heterocycles. The molecule has 6 nitrogen and oxygen atoms in total. The van der Waals surface area contributed by atoms with Crippen LogP contribution in [0, 0.1) is 18.3 Å². The summed E-state index contributed by atoms with van der Waals surface area (Å²) in [4.78, 5) is 15.0. The molecule has 2 aromatic rings. The zero-order chi connectivity index (χ0) is 22.8. The third-order valence-corrected chi connectivity index (χ3v) is 6.57. The van der Waals surface area contributed by atoms with Crippen molar-refractivity contribution < 1.29 is 17.9 Å². The maximum atomic E-state index is 13.2. The fourth-order valence-corrected chi connectivity index (χ4v) is 4.73. The van der Waals surface area contributed by atoms with Crippen molar-refractivity contribution in [3.63, 3.8) is 0 Å². The van der Waals surface area contributed by atoms with Crippen LogP contribution in [-0.2, 0) is 20.6 Å². The lowest BCUT2D eigenvalue weighted by molar-refractivity contribution is -0.127. The summed E-state index contributed by atoms with van der Waals surface area (Å²) in [6.45, 7) is 10.7. The number of carbonyl (C=O) groups is 1. The van der Waals surface area contributed by atoms with E-state index in [1.807, 2.05) is 39.0 Å². The summed E-state index contributed by atoms with van der Waals surface area (Å²) in [5.74, 6) is 0.876. The summed E-state index contributed by atoms with van der Waals surface area (Å²) >= 11 is 0. The summed E-state index contributed by atoms with van der Waals surface area (Å²) in [7, 11) is -3.61. The number of rotatable bonds is 7. The van der Waals surface area contributed by atoms with Crippen LogP contribution in [-0.4, -0.2) is 27.5 Å². The number of amides is 1. The van der Waals surface area contributed by atoms with Gasteiger partial charge in [-0.2, -0.15) is 0 Å². The lowest BCUT2D eigenvalue weighted by atomic mass is 9.92. The molecule has 0 saturated carbocycles. The lowest BCUT2D eigenvalue weighted by Gasteiger charge is -2.28. The Morgan fingerprint density at radius 2 is 1.90 bits per heavy atom.